The molecule has 1 aliphatic carbocycles. The fourth-order valence-corrected chi connectivity index (χ4v) is 2.77. The van der Waals surface area contributed by atoms with Crippen molar-refractivity contribution in [3.63, 3.8) is 0 Å². The lowest BCUT2D eigenvalue weighted by Gasteiger charge is -1.94. The Labute approximate surface area is 87.4 Å². The van der Waals surface area contributed by atoms with E-state index in [1.54, 1.807) is 4.88 Å². The van der Waals surface area contributed by atoms with Crippen molar-refractivity contribution in [2.45, 2.75) is 18.8 Å². The third kappa shape index (κ3) is 1.46. The molecule has 0 atom stereocenters. The molecule has 70 valence electrons. The highest BCUT2D eigenvalue weighted by molar-refractivity contribution is 7.15. The van der Waals surface area contributed by atoms with Crippen molar-refractivity contribution < 1.29 is 0 Å². The van der Waals surface area contributed by atoms with Crippen LogP contribution in [0.25, 0.3) is 10.4 Å². The molecule has 0 N–H and O–H groups in total. The van der Waals surface area contributed by atoms with Crippen molar-refractivity contribution in [2.75, 3.05) is 0 Å². The maximum Gasteiger partial charge on any atom is 0.0361 e. The lowest BCUT2D eigenvalue weighted by atomic mass is 10.2. The Kier molecular flexibility index (Phi) is 1.88. The van der Waals surface area contributed by atoms with Crippen LogP contribution in [0.1, 0.15) is 23.6 Å². The quantitative estimate of drug-likeness (QED) is 0.722. The van der Waals surface area contributed by atoms with Crippen LogP contribution in [-0.2, 0) is 0 Å². The van der Waals surface area contributed by atoms with E-state index in [4.69, 9.17) is 0 Å². The standard InChI is InChI=1S/C12H11NS/c1-2-10(8-13-7-1)12-6-5-11(14-12)9-3-4-9/h1-2,5-9H,3-4H2. The number of rotatable bonds is 2. The predicted molar refractivity (Wildman–Crippen MR) is 59.5 cm³/mol. The molecule has 0 amide bonds. The van der Waals surface area contributed by atoms with Gasteiger partial charge in [-0.15, -0.1) is 11.3 Å². The van der Waals surface area contributed by atoms with Crippen LogP contribution in [0.15, 0.2) is 36.7 Å². The first-order valence-corrected chi connectivity index (χ1v) is 5.75. The van der Waals surface area contributed by atoms with E-state index < -0.39 is 0 Å². The lowest BCUT2D eigenvalue weighted by molar-refractivity contribution is 1.18. The van der Waals surface area contributed by atoms with E-state index in [2.05, 4.69) is 23.2 Å². The summed E-state index contributed by atoms with van der Waals surface area (Å²) in [6.07, 6.45) is 6.52. The van der Waals surface area contributed by atoms with Crippen LogP contribution in [0.5, 0.6) is 0 Å². The highest BCUT2D eigenvalue weighted by Crippen LogP contribution is 2.44. The first kappa shape index (κ1) is 8.18. The van der Waals surface area contributed by atoms with E-state index in [1.165, 1.54) is 23.3 Å². The van der Waals surface area contributed by atoms with Crippen molar-refractivity contribution in [1.82, 2.24) is 4.98 Å². The zero-order valence-corrected chi connectivity index (χ0v) is 8.63. The van der Waals surface area contributed by atoms with Crippen molar-refractivity contribution in [1.29, 1.82) is 0 Å². The number of pyridine rings is 1. The summed E-state index contributed by atoms with van der Waals surface area (Å²) in [5, 5.41) is 0. The Bertz CT molecular complexity index is 429. The number of hydrogen-bond donors (Lipinski definition) is 0. The maximum atomic E-state index is 4.14. The first-order chi connectivity index (χ1) is 6.93. The third-order valence-electron chi connectivity index (χ3n) is 2.55. The zero-order valence-electron chi connectivity index (χ0n) is 7.81. The Morgan fingerprint density at radius 3 is 2.86 bits per heavy atom. The second-order valence-corrected chi connectivity index (χ2v) is 4.83. The minimum Gasteiger partial charge on any atom is -0.264 e. The highest BCUT2D eigenvalue weighted by atomic mass is 32.1. The van der Waals surface area contributed by atoms with E-state index in [-0.39, 0.29) is 0 Å². The van der Waals surface area contributed by atoms with E-state index in [0.717, 1.165) is 5.92 Å². The monoisotopic (exact) mass is 201 g/mol. The number of aromatic nitrogens is 1. The SMILES string of the molecule is c1cncc(-c2ccc(C3CC3)s2)c1. The van der Waals surface area contributed by atoms with Gasteiger partial charge < -0.3 is 0 Å². The van der Waals surface area contributed by atoms with Gasteiger partial charge in [-0.1, -0.05) is 6.07 Å². The van der Waals surface area contributed by atoms with Crippen molar-refractivity contribution in [3.05, 3.63) is 41.5 Å². The summed E-state index contributed by atoms with van der Waals surface area (Å²) in [6, 6.07) is 8.60. The third-order valence-corrected chi connectivity index (χ3v) is 3.85. The molecule has 2 heterocycles. The minimum atomic E-state index is 0.866. The molecule has 3 rings (SSSR count). The fourth-order valence-electron chi connectivity index (χ4n) is 1.60. The van der Waals surface area contributed by atoms with Gasteiger partial charge >= 0.3 is 0 Å². The van der Waals surface area contributed by atoms with Crippen LogP contribution in [-0.4, -0.2) is 4.98 Å². The van der Waals surface area contributed by atoms with E-state index in [0.29, 0.717) is 0 Å². The molecule has 2 heteroatoms. The average molecular weight is 201 g/mol. The molecule has 2 aromatic rings. The largest absolute Gasteiger partial charge is 0.264 e. The molecule has 0 unspecified atom stereocenters. The molecule has 14 heavy (non-hydrogen) atoms. The Balaban J connectivity index is 1.96. The zero-order chi connectivity index (χ0) is 9.38. The van der Waals surface area contributed by atoms with Gasteiger partial charge in [-0.3, -0.25) is 4.98 Å². The first-order valence-electron chi connectivity index (χ1n) is 4.93. The average Bonchev–Trinajstić information content (AvgIpc) is 2.98. The number of hydrogen-bond acceptors (Lipinski definition) is 2. The summed E-state index contributed by atoms with van der Waals surface area (Å²) in [5.41, 5.74) is 1.24. The molecule has 1 aliphatic rings. The van der Waals surface area contributed by atoms with E-state index >= 15 is 0 Å². The number of thiophene rings is 1. The van der Waals surface area contributed by atoms with Gasteiger partial charge in [0.25, 0.3) is 0 Å². The van der Waals surface area contributed by atoms with Gasteiger partial charge in [-0.2, -0.15) is 0 Å². The summed E-state index contributed by atoms with van der Waals surface area (Å²) in [5.74, 6) is 0.866. The Morgan fingerprint density at radius 1 is 1.21 bits per heavy atom. The molecule has 1 fully saturated rings. The van der Waals surface area contributed by atoms with Crippen LogP contribution in [0, 0.1) is 0 Å². The predicted octanol–water partition coefficient (Wildman–Crippen LogP) is 3.69. The minimum absolute atomic E-state index is 0.866. The molecular weight excluding hydrogens is 190 g/mol. The fraction of sp³-hybridized carbons (Fsp3) is 0.250. The summed E-state index contributed by atoms with van der Waals surface area (Å²) < 4.78 is 0. The lowest BCUT2D eigenvalue weighted by Crippen LogP contribution is -1.72. The number of nitrogens with zero attached hydrogens (tertiary/aromatic N) is 1. The van der Waals surface area contributed by atoms with Crippen molar-refractivity contribution >= 4 is 11.3 Å². The van der Waals surface area contributed by atoms with Crippen LogP contribution in [0.4, 0.5) is 0 Å². The molecule has 1 saturated carbocycles. The molecular formula is C12H11NS. The topological polar surface area (TPSA) is 12.9 Å². The van der Waals surface area contributed by atoms with E-state index in [1.807, 2.05) is 29.8 Å². The summed E-state index contributed by atoms with van der Waals surface area (Å²) in [7, 11) is 0. The molecule has 0 bridgehead atoms. The smallest absolute Gasteiger partial charge is 0.0361 e. The van der Waals surface area contributed by atoms with Gasteiger partial charge in [-0.05, 0) is 37.0 Å². The summed E-state index contributed by atoms with van der Waals surface area (Å²) in [4.78, 5) is 7.03. The molecule has 0 spiro atoms. The second-order valence-electron chi connectivity index (χ2n) is 3.72. The van der Waals surface area contributed by atoms with Gasteiger partial charge in [0.2, 0.25) is 0 Å². The van der Waals surface area contributed by atoms with Crippen molar-refractivity contribution in [3.8, 4) is 10.4 Å². The van der Waals surface area contributed by atoms with Gasteiger partial charge in [0, 0.05) is 27.7 Å². The summed E-state index contributed by atoms with van der Waals surface area (Å²) >= 11 is 1.92. The molecule has 1 nitrogen and oxygen atoms in total. The van der Waals surface area contributed by atoms with Gasteiger partial charge in [0.05, 0.1) is 0 Å². The van der Waals surface area contributed by atoms with E-state index in [9.17, 15) is 0 Å². The van der Waals surface area contributed by atoms with Crippen LogP contribution >= 0.6 is 11.3 Å². The molecule has 0 aromatic carbocycles. The normalized spacial score (nSPS) is 15.7. The van der Waals surface area contributed by atoms with Gasteiger partial charge in [-0.25, -0.2) is 0 Å². The van der Waals surface area contributed by atoms with Crippen LogP contribution < -0.4 is 0 Å². The summed E-state index contributed by atoms with van der Waals surface area (Å²) in [6.45, 7) is 0. The molecule has 0 aliphatic heterocycles. The van der Waals surface area contributed by atoms with Crippen LogP contribution in [0.3, 0.4) is 0 Å². The highest BCUT2D eigenvalue weighted by Gasteiger charge is 2.24. The molecule has 0 saturated heterocycles. The maximum absolute atomic E-state index is 4.14. The Hall–Kier alpha value is -1.15. The van der Waals surface area contributed by atoms with Gasteiger partial charge in [0.1, 0.15) is 0 Å². The van der Waals surface area contributed by atoms with Crippen LogP contribution in [0.2, 0.25) is 0 Å². The van der Waals surface area contributed by atoms with Gasteiger partial charge in [0.15, 0.2) is 0 Å². The molecule has 2 aromatic heterocycles. The molecule has 0 radical (unpaired) electrons. The van der Waals surface area contributed by atoms with Crippen molar-refractivity contribution in [2.24, 2.45) is 0 Å². The Morgan fingerprint density at radius 2 is 2.14 bits per heavy atom. The second kappa shape index (κ2) is 3.21.